The number of carbonyl (C=O) groups excluding carboxylic acids is 2. The van der Waals surface area contributed by atoms with E-state index in [2.05, 4.69) is 0 Å². The van der Waals surface area contributed by atoms with E-state index in [1.165, 1.54) is 6.92 Å². The summed E-state index contributed by atoms with van der Waals surface area (Å²) in [7, 11) is 3.75. The monoisotopic (exact) mass is 315 g/mol. The minimum absolute atomic E-state index is 0.0411. The molecule has 1 aliphatic heterocycles. The summed E-state index contributed by atoms with van der Waals surface area (Å²) in [5.41, 5.74) is 2.12. The van der Waals surface area contributed by atoms with Gasteiger partial charge in [0.2, 0.25) is 0 Å². The van der Waals surface area contributed by atoms with E-state index in [9.17, 15) is 9.59 Å². The molecule has 122 valence electrons. The van der Waals surface area contributed by atoms with E-state index in [-0.39, 0.29) is 17.7 Å². The van der Waals surface area contributed by atoms with Crippen LogP contribution in [-0.2, 0) is 18.8 Å². The van der Waals surface area contributed by atoms with Crippen LogP contribution in [0.15, 0.2) is 30.6 Å². The number of ketones is 1. The van der Waals surface area contributed by atoms with Gasteiger partial charge in [0.15, 0.2) is 5.78 Å². The summed E-state index contributed by atoms with van der Waals surface area (Å²) in [4.78, 5) is 26.4. The SMILES string of the molecule is CC(=O)c1cc(C(=O)N2CCOC[C@@H]2c2cccn2C)n(C)c1. The molecule has 2 aromatic heterocycles. The van der Waals surface area contributed by atoms with Crippen LogP contribution in [0, 0.1) is 0 Å². The number of aromatic nitrogens is 2. The largest absolute Gasteiger partial charge is 0.377 e. The highest BCUT2D eigenvalue weighted by molar-refractivity contribution is 5.99. The molecule has 6 nitrogen and oxygen atoms in total. The van der Waals surface area contributed by atoms with Crippen LogP contribution in [0.2, 0.25) is 0 Å². The summed E-state index contributed by atoms with van der Waals surface area (Å²) in [6.45, 7) is 3.05. The molecule has 1 atom stereocenters. The molecule has 0 aliphatic carbocycles. The van der Waals surface area contributed by atoms with Crippen LogP contribution < -0.4 is 0 Å². The zero-order valence-corrected chi connectivity index (χ0v) is 13.7. The standard InChI is InChI=1S/C17H21N3O3/c1-12(21)13-9-15(19(3)10-13)17(22)20-7-8-23-11-16(20)14-5-4-6-18(14)2/h4-6,9-10,16H,7-8,11H2,1-3H3/t16-/m1/s1. The second kappa shape index (κ2) is 6.04. The number of aryl methyl sites for hydroxylation is 2. The van der Waals surface area contributed by atoms with Crippen molar-refractivity contribution in [2.24, 2.45) is 14.1 Å². The predicted octanol–water partition coefficient (Wildman–Crippen LogP) is 1.78. The third kappa shape index (κ3) is 2.82. The van der Waals surface area contributed by atoms with Crippen molar-refractivity contribution in [3.63, 3.8) is 0 Å². The highest BCUT2D eigenvalue weighted by Gasteiger charge is 2.32. The number of nitrogens with zero attached hydrogens (tertiary/aromatic N) is 3. The van der Waals surface area contributed by atoms with E-state index in [4.69, 9.17) is 4.74 Å². The van der Waals surface area contributed by atoms with Gasteiger partial charge in [-0.15, -0.1) is 0 Å². The molecule has 1 aliphatic rings. The third-order valence-electron chi connectivity index (χ3n) is 4.35. The molecular formula is C17H21N3O3. The fourth-order valence-corrected chi connectivity index (χ4v) is 3.03. The molecule has 3 rings (SSSR count). The van der Waals surface area contributed by atoms with Gasteiger partial charge in [-0.25, -0.2) is 0 Å². The topological polar surface area (TPSA) is 56.5 Å². The van der Waals surface area contributed by atoms with Crippen molar-refractivity contribution in [3.05, 3.63) is 47.5 Å². The predicted molar refractivity (Wildman–Crippen MR) is 85.4 cm³/mol. The Morgan fingerprint density at radius 3 is 2.65 bits per heavy atom. The number of carbonyl (C=O) groups is 2. The Morgan fingerprint density at radius 1 is 1.26 bits per heavy atom. The Hall–Kier alpha value is -2.34. The smallest absolute Gasteiger partial charge is 0.271 e. The third-order valence-corrected chi connectivity index (χ3v) is 4.35. The molecule has 3 heterocycles. The molecule has 1 saturated heterocycles. The summed E-state index contributed by atoms with van der Waals surface area (Å²) in [6.07, 6.45) is 3.66. The number of hydrogen-bond acceptors (Lipinski definition) is 3. The summed E-state index contributed by atoms with van der Waals surface area (Å²) in [5, 5.41) is 0. The molecule has 1 fully saturated rings. The molecule has 0 spiro atoms. The van der Waals surface area contributed by atoms with E-state index in [1.807, 2.05) is 34.8 Å². The van der Waals surface area contributed by atoms with Crippen molar-refractivity contribution in [1.82, 2.24) is 14.0 Å². The maximum Gasteiger partial charge on any atom is 0.271 e. The number of Topliss-reactive ketones (excluding diaryl/α,β-unsaturated/α-hetero) is 1. The van der Waals surface area contributed by atoms with Gasteiger partial charge in [0, 0.05) is 44.3 Å². The lowest BCUT2D eigenvalue weighted by molar-refractivity contribution is -0.00512. The average molecular weight is 315 g/mol. The average Bonchev–Trinajstić information content (AvgIpc) is 3.12. The molecule has 0 unspecified atom stereocenters. The molecule has 1 amide bonds. The number of morpholine rings is 1. The zero-order valence-electron chi connectivity index (χ0n) is 13.7. The van der Waals surface area contributed by atoms with E-state index in [0.29, 0.717) is 31.0 Å². The van der Waals surface area contributed by atoms with E-state index < -0.39 is 0 Å². The quantitative estimate of drug-likeness (QED) is 0.811. The number of hydrogen-bond donors (Lipinski definition) is 0. The lowest BCUT2D eigenvalue weighted by Gasteiger charge is -2.36. The fourth-order valence-electron chi connectivity index (χ4n) is 3.03. The van der Waals surface area contributed by atoms with Crippen molar-refractivity contribution in [3.8, 4) is 0 Å². The summed E-state index contributed by atoms with van der Waals surface area (Å²) in [5.74, 6) is -0.116. The lowest BCUT2D eigenvalue weighted by Crippen LogP contribution is -2.44. The summed E-state index contributed by atoms with van der Waals surface area (Å²) >= 11 is 0. The van der Waals surface area contributed by atoms with Crippen LogP contribution in [0.3, 0.4) is 0 Å². The van der Waals surface area contributed by atoms with Crippen LogP contribution in [-0.4, -0.2) is 45.5 Å². The van der Waals surface area contributed by atoms with Gasteiger partial charge < -0.3 is 18.8 Å². The van der Waals surface area contributed by atoms with Crippen LogP contribution in [0.4, 0.5) is 0 Å². The van der Waals surface area contributed by atoms with E-state index in [0.717, 1.165) is 5.69 Å². The second-order valence-corrected chi connectivity index (χ2v) is 5.91. The van der Waals surface area contributed by atoms with Crippen molar-refractivity contribution < 1.29 is 14.3 Å². The van der Waals surface area contributed by atoms with Crippen molar-refractivity contribution >= 4 is 11.7 Å². The summed E-state index contributed by atoms with van der Waals surface area (Å²) in [6, 6.07) is 5.52. The van der Waals surface area contributed by atoms with Gasteiger partial charge >= 0.3 is 0 Å². The molecule has 0 aromatic carbocycles. The minimum atomic E-state index is -0.119. The molecule has 0 N–H and O–H groups in total. The van der Waals surface area contributed by atoms with Crippen LogP contribution in [0.1, 0.15) is 39.5 Å². The number of ether oxygens (including phenoxy) is 1. The van der Waals surface area contributed by atoms with Gasteiger partial charge in [0.05, 0.1) is 19.3 Å². The number of rotatable bonds is 3. The van der Waals surface area contributed by atoms with Gasteiger partial charge in [0.25, 0.3) is 5.91 Å². The van der Waals surface area contributed by atoms with Crippen LogP contribution >= 0.6 is 0 Å². The molecule has 0 radical (unpaired) electrons. The molecule has 23 heavy (non-hydrogen) atoms. The van der Waals surface area contributed by atoms with Gasteiger partial charge in [-0.05, 0) is 25.1 Å². The highest BCUT2D eigenvalue weighted by atomic mass is 16.5. The lowest BCUT2D eigenvalue weighted by atomic mass is 10.1. The maximum atomic E-state index is 13.0. The molecule has 0 bridgehead atoms. The van der Waals surface area contributed by atoms with Crippen molar-refractivity contribution in [2.45, 2.75) is 13.0 Å². The van der Waals surface area contributed by atoms with Crippen molar-refractivity contribution in [2.75, 3.05) is 19.8 Å². The Bertz CT molecular complexity index is 744. The number of amides is 1. The maximum absolute atomic E-state index is 13.0. The molecule has 6 heteroatoms. The van der Waals surface area contributed by atoms with Crippen molar-refractivity contribution in [1.29, 1.82) is 0 Å². The van der Waals surface area contributed by atoms with Gasteiger partial charge in [0.1, 0.15) is 5.69 Å². The normalized spacial score (nSPS) is 18.2. The Kier molecular flexibility index (Phi) is 4.09. The van der Waals surface area contributed by atoms with Crippen LogP contribution in [0.25, 0.3) is 0 Å². The first-order chi connectivity index (χ1) is 11.0. The first-order valence-electron chi connectivity index (χ1n) is 7.66. The summed E-state index contributed by atoms with van der Waals surface area (Å²) < 4.78 is 9.31. The van der Waals surface area contributed by atoms with Gasteiger partial charge in [-0.3, -0.25) is 9.59 Å². The second-order valence-electron chi connectivity index (χ2n) is 5.91. The van der Waals surface area contributed by atoms with Gasteiger partial charge in [-0.1, -0.05) is 0 Å². The molecule has 2 aromatic rings. The fraction of sp³-hybridized carbons (Fsp3) is 0.412. The Morgan fingerprint density at radius 2 is 2.04 bits per heavy atom. The first-order valence-corrected chi connectivity index (χ1v) is 7.66. The zero-order chi connectivity index (χ0) is 16.6. The van der Waals surface area contributed by atoms with E-state index >= 15 is 0 Å². The first kappa shape index (κ1) is 15.6. The molecular weight excluding hydrogens is 294 g/mol. The Labute approximate surface area is 135 Å². The minimum Gasteiger partial charge on any atom is -0.377 e. The van der Waals surface area contributed by atoms with Crippen LogP contribution in [0.5, 0.6) is 0 Å². The van der Waals surface area contributed by atoms with Gasteiger partial charge in [-0.2, -0.15) is 0 Å². The highest BCUT2D eigenvalue weighted by Crippen LogP contribution is 2.26. The molecule has 0 saturated carbocycles. The Balaban J connectivity index is 1.93. The van der Waals surface area contributed by atoms with E-state index in [1.54, 1.807) is 23.9 Å².